The Bertz CT molecular complexity index is 533. The molecule has 0 aliphatic rings. The zero-order valence-electron chi connectivity index (χ0n) is 13.0. The van der Waals surface area contributed by atoms with Crippen LogP contribution in [0.15, 0.2) is 18.2 Å². The number of ether oxygens (including phenoxy) is 1. The van der Waals surface area contributed by atoms with Crippen molar-refractivity contribution in [1.29, 1.82) is 0 Å². The predicted octanol–water partition coefficient (Wildman–Crippen LogP) is 2.99. The highest BCUT2D eigenvalue weighted by atomic mass is 35.5. The fourth-order valence-electron chi connectivity index (χ4n) is 2.06. The Hall–Kier alpha value is -1.82. The molecule has 0 aromatic heterocycles. The van der Waals surface area contributed by atoms with E-state index in [2.05, 4.69) is 10.1 Å². The number of halogens is 2. The van der Waals surface area contributed by atoms with E-state index in [1.54, 1.807) is 27.0 Å². The number of amides is 2. The van der Waals surface area contributed by atoms with Gasteiger partial charge in [-0.2, -0.15) is 0 Å². The molecule has 1 rings (SSSR count). The second-order valence-corrected chi connectivity index (χ2v) is 5.52. The first-order chi connectivity index (χ1) is 10.3. The number of nitrogens with zero attached hydrogens (tertiary/aromatic N) is 1. The smallest absolute Gasteiger partial charge is 0.317 e. The third-order valence-electron chi connectivity index (χ3n) is 3.27. The molecule has 1 N–H and O–H groups in total. The van der Waals surface area contributed by atoms with Crippen LogP contribution in [0.5, 0.6) is 0 Å². The Kier molecular flexibility index (Phi) is 6.61. The summed E-state index contributed by atoms with van der Waals surface area (Å²) >= 11 is 5.97. The standard InChI is InChI=1S/C15H20ClFN2O3/c1-9(14(20)22-4)8-19(3)15(21)18-10(2)13-11(16)6-5-7-12(13)17/h5-7,9-10H,8H2,1-4H3,(H,18,21)/t9-,10-/m0/s1. The van der Waals surface area contributed by atoms with Crippen LogP contribution in [-0.2, 0) is 9.53 Å². The number of methoxy groups -OCH3 is 1. The lowest BCUT2D eigenvalue weighted by Crippen LogP contribution is -2.42. The Labute approximate surface area is 134 Å². The van der Waals surface area contributed by atoms with Crippen molar-refractivity contribution in [2.75, 3.05) is 20.7 Å². The summed E-state index contributed by atoms with van der Waals surface area (Å²) in [5.74, 6) is -1.33. The molecule has 1 aromatic rings. The highest BCUT2D eigenvalue weighted by Crippen LogP contribution is 2.25. The molecule has 0 aliphatic heterocycles. The average Bonchev–Trinajstić information content (AvgIpc) is 2.45. The van der Waals surface area contributed by atoms with Crippen molar-refractivity contribution in [2.24, 2.45) is 5.92 Å². The predicted molar refractivity (Wildman–Crippen MR) is 82.2 cm³/mol. The van der Waals surface area contributed by atoms with Crippen LogP contribution in [0.2, 0.25) is 5.02 Å². The Morgan fingerprint density at radius 3 is 2.59 bits per heavy atom. The van der Waals surface area contributed by atoms with Crippen molar-refractivity contribution in [3.05, 3.63) is 34.6 Å². The summed E-state index contributed by atoms with van der Waals surface area (Å²) in [6.07, 6.45) is 0. The van der Waals surface area contributed by atoms with E-state index in [-0.39, 0.29) is 17.1 Å². The molecular weight excluding hydrogens is 311 g/mol. The van der Waals surface area contributed by atoms with E-state index in [0.29, 0.717) is 0 Å². The number of urea groups is 1. The van der Waals surface area contributed by atoms with Crippen LogP contribution >= 0.6 is 11.6 Å². The minimum Gasteiger partial charge on any atom is -0.469 e. The van der Waals surface area contributed by atoms with Crippen molar-refractivity contribution in [1.82, 2.24) is 10.2 Å². The first-order valence-corrected chi connectivity index (χ1v) is 7.19. The number of carbonyl (C=O) groups excluding carboxylic acids is 2. The summed E-state index contributed by atoms with van der Waals surface area (Å²) in [5, 5.41) is 2.90. The Morgan fingerprint density at radius 2 is 2.05 bits per heavy atom. The molecule has 7 heteroatoms. The van der Waals surface area contributed by atoms with Gasteiger partial charge in [-0.25, -0.2) is 9.18 Å². The molecule has 0 aliphatic carbocycles. The van der Waals surface area contributed by atoms with E-state index in [0.717, 1.165) is 0 Å². The molecule has 0 unspecified atom stereocenters. The van der Waals surface area contributed by atoms with Crippen LogP contribution in [0, 0.1) is 11.7 Å². The molecule has 0 spiro atoms. The summed E-state index contributed by atoms with van der Waals surface area (Å²) in [7, 11) is 2.84. The van der Waals surface area contributed by atoms with Gasteiger partial charge in [-0.15, -0.1) is 0 Å². The highest BCUT2D eigenvalue weighted by Gasteiger charge is 2.22. The maximum atomic E-state index is 13.8. The largest absolute Gasteiger partial charge is 0.469 e. The van der Waals surface area contributed by atoms with E-state index in [4.69, 9.17) is 11.6 Å². The number of rotatable bonds is 5. The molecule has 2 amide bonds. The highest BCUT2D eigenvalue weighted by molar-refractivity contribution is 6.31. The zero-order chi connectivity index (χ0) is 16.9. The van der Waals surface area contributed by atoms with Crippen LogP contribution in [0.4, 0.5) is 9.18 Å². The van der Waals surface area contributed by atoms with Crippen molar-refractivity contribution in [3.8, 4) is 0 Å². The SMILES string of the molecule is COC(=O)[C@@H](C)CN(C)C(=O)N[C@@H](C)c1c(F)cccc1Cl. The van der Waals surface area contributed by atoms with E-state index in [1.807, 2.05) is 0 Å². The molecular formula is C15H20ClFN2O3. The summed E-state index contributed by atoms with van der Waals surface area (Å²) < 4.78 is 18.4. The maximum Gasteiger partial charge on any atom is 0.317 e. The number of nitrogens with one attached hydrogen (secondary N) is 1. The minimum absolute atomic E-state index is 0.191. The second-order valence-electron chi connectivity index (χ2n) is 5.11. The van der Waals surface area contributed by atoms with Gasteiger partial charge in [0.2, 0.25) is 0 Å². The molecule has 0 heterocycles. The minimum atomic E-state index is -0.600. The van der Waals surface area contributed by atoms with Gasteiger partial charge < -0.3 is 15.0 Å². The summed E-state index contributed by atoms with van der Waals surface area (Å²) in [6, 6.07) is 3.32. The van der Waals surface area contributed by atoms with Gasteiger partial charge in [-0.1, -0.05) is 24.6 Å². The third kappa shape index (κ3) is 4.59. The van der Waals surface area contributed by atoms with Crippen molar-refractivity contribution < 1.29 is 18.7 Å². The lowest BCUT2D eigenvalue weighted by molar-refractivity contribution is -0.145. The average molecular weight is 331 g/mol. The Morgan fingerprint density at radius 1 is 1.41 bits per heavy atom. The molecule has 0 saturated carbocycles. The molecule has 122 valence electrons. The molecule has 1 aromatic carbocycles. The first-order valence-electron chi connectivity index (χ1n) is 6.81. The number of carbonyl (C=O) groups is 2. The molecule has 0 bridgehead atoms. The number of hydrogen-bond acceptors (Lipinski definition) is 3. The van der Waals surface area contributed by atoms with Gasteiger partial charge in [0.25, 0.3) is 0 Å². The summed E-state index contributed by atoms with van der Waals surface area (Å²) in [6.45, 7) is 3.49. The lowest BCUT2D eigenvalue weighted by atomic mass is 10.1. The Balaban J connectivity index is 2.70. The quantitative estimate of drug-likeness (QED) is 0.844. The van der Waals surface area contributed by atoms with Crippen LogP contribution in [-0.4, -0.2) is 37.6 Å². The fraction of sp³-hybridized carbons (Fsp3) is 0.467. The maximum absolute atomic E-state index is 13.8. The first kappa shape index (κ1) is 18.2. The van der Waals surface area contributed by atoms with Crippen molar-refractivity contribution in [2.45, 2.75) is 19.9 Å². The lowest BCUT2D eigenvalue weighted by Gasteiger charge is -2.24. The van der Waals surface area contributed by atoms with Crippen LogP contribution in [0.25, 0.3) is 0 Å². The van der Waals surface area contributed by atoms with Gasteiger partial charge in [0, 0.05) is 24.2 Å². The van der Waals surface area contributed by atoms with E-state index >= 15 is 0 Å². The van der Waals surface area contributed by atoms with Crippen molar-refractivity contribution >= 4 is 23.6 Å². The number of hydrogen-bond donors (Lipinski definition) is 1. The van der Waals surface area contributed by atoms with Gasteiger partial charge in [-0.3, -0.25) is 4.79 Å². The summed E-state index contributed by atoms with van der Waals surface area (Å²) in [5.41, 5.74) is 0.229. The number of esters is 1. The monoisotopic (exact) mass is 330 g/mol. The van der Waals surface area contributed by atoms with Gasteiger partial charge in [0.1, 0.15) is 5.82 Å². The molecule has 2 atom stereocenters. The molecule has 0 radical (unpaired) electrons. The molecule has 22 heavy (non-hydrogen) atoms. The van der Waals surface area contributed by atoms with Crippen LogP contribution in [0.1, 0.15) is 25.5 Å². The van der Waals surface area contributed by atoms with Gasteiger partial charge >= 0.3 is 12.0 Å². The third-order valence-corrected chi connectivity index (χ3v) is 3.60. The van der Waals surface area contributed by atoms with Crippen LogP contribution in [0.3, 0.4) is 0 Å². The van der Waals surface area contributed by atoms with Crippen molar-refractivity contribution in [3.63, 3.8) is 0 Å². The molecule has 0 fully saturated rings. The van der Waals surface area contributed by atoms with Gasteiger partial charge in [0.15, 0.2) is 0 Å². The number of benzene rings is 1. The van der Waals surface area contributed by atoms with Gasteiger partial charge in [-0.05, 0) is 19.1 Å². The van der Waals surface area contributed by atoms with Crippen LogP contribution < -0.4 is 5.32 Å². The van der Waals surface area contributed by atoms with E-state index < -0.39 is 29.8 Å². The molecule has 0 saturated heterocycles. The van der Waals surface area contributed by atoms with Gasteiger partial charge in [0.05, 0.1) is 19.1 Å². The fourth-order valence-corrected chi connectivity index (χ4v) is 2.39. The normalized spacial score (nSPS) is 13.2. The van der Waals surface area contributed by atoms with E-state index in [9.17, 15) is 14.0 Å². The zero-order valence-corrected chi connectivity index (χ0v) is 13.8. The topological polar surface area (TPSA) is 58.6 Å². The molecule has 5 nitrogen and oxygen atoms in total. The summed E-state index contributed by atoms with van der Waals surface area (Å²) in [4.78, 5) is 24.8. The van der Waals surface area contributed by atoms with E-state index in [1.165, 1.54) is 24.1 Å². The second kappa shape index (κ2) is 7.98.